The lowest BCUT2D eigenvalue weighted by Gasteiger charge is -2.32. The minimum atomic E-state index is -0.464. The Bertz CT molecular complexity index is 1700. The van der Waals surface area contributed by atoms with Gasteiger partial charge in [0.15, 0.2) is 11.5 Å². The van der Waals surface area contributed by atoms with Crippen molar-refractivity contribution in [2.24, 2.45) is 0 Å². The highest BCUT2D eigenvalue weighted by atomic mass is 16.5. The fraction of sp³-hybridized carbons (Fsp3) is 0.562. The summed E-state index contributed by atoms with van der Waals surface area (Å²) in [7, 11) is 3.47. The number of nitrogens with zero attached hydrogens (tertiary/aromatic N) is 8. The molecule has 248 valence electrons. The number of anilines is 1. The second kappa shape index (κ2) is 14.9. The van der Waals surface area contributed by atoms with Crippen molar-refractivity contribution < 1.29 is 14.3 Å². The van der Waals surface area contributed by atoms with E-state index in [1.165, 1.54) is 11.7 Å². The molecule has 1 fully saturated rings. The number of hydrogen-bond acceptors (Lipinski definition) is 11. The average molecular weight is 635 g/mol. The number of fused-ring (bicyclic) bond motifs is 2. The SMILES string of the molecule is CC.CCCCOc1nc(N)c2[nH]c(=O)n(Cc3ccc(CN4CCC(c5nnc6n5CCN(C)C6)CC4)cc3C(=O)OC)c2n1. The number of likely N-dealkylation sites (tertiary alicyclic amines) is 1. The minimum Gasteiger partial charge on any atom is -0.465 e. The summed E-state index contributed by atoms with van der Waals surface area (Å²) in [6.07, 6.45) is 3.82. The first-order valence-corrected chi connectivity index (χ1v) is 16.3. The van der Waals surface area contributed by atoms with Gasteiger partial charge in [0.05, 0.1) is 32.4 Å². The summed E-state index contributed by atoms with van der Waals surface area (Å²) in [6, 6.07) is 5.85. The predicted molar refractivity (Wildman–Crippen MR) is 175 cm³/mol. The van der Waals surface area contributed by atoms with Crippen molar-refractivity contribution in [3.63, 3.8) is 0 Å². The number of piperidine rings is 1. The molecule has 0 atom stereocenters. The minimum absolute atomic E-state index is 0.0955. The molecule has 0 aliphatic carbocycles. The van der Waals surface area contributed by atoms with Crippen LogP contribution in [0.5, 0.6) is 6.01 Å². The van der Waals surface area contributed by atoms with E-state index < -0.39 is 11.7 Å². The molecule has 0 saturated carbocycles. The highest BCUT2D eigenvalue weighted by Crippen LogP contribution is 2.29. The summed E-state index contributed by atoms with van der Waals surface area (Å²) in [5.74, 6) is 2.23. The number of hydrogen-bond donors (Lipinski definition) is 2. The van der Waals surface area contributed by atoms with E-state index >= 15 is 0 Å². The first kappa shape index (κ1) is 33.1. The zero-order valence-electron chi connectivity index (χ0n) is 27.6. The third-order valence-corrected chi connectivity index (χ3v) is 8.60. The Morgan fingerprint density at radius 1 is 1.09 bits per heavy atom. The largest absolute Gasteiger partial charge is 0.465 e. The van der Waals surface area contributed by atoms with E-state index in [4.69, 9.17) is 15.2 Å². The van der Waals surface area contributed by atoms with Gasteiger partial charge in [0.2, 0.25) is 0 Å². The van der Waals surface area contributed by atoms with E-state index in [1.807, 2.05) is 32.0 Å². The summed E-state index contributed by atoms with van der Waals surface area (Å²) in [4.78, 5) is 41.9. The first-order chi connectivity index (χ1) is 22.3. The van der Waals surface area contributed by atoms with Gasteiger partial charge in [0, 0.05) is 25.6 Å². The van der Waals surface area contributed by atoms with Gasteiger partial charge in [-0.1, -0.05) is 39.3 Å². The van der Waals surface area contributed by atoms with Crippen LogP contribution in [0.2, 0.25) is 0 Å². The van der Waals surface area contributed by atoms with Crippen molar-refractivity contribution >= 4 is 23.0 Å². The van der Waals surface area contributed by atoms with E-state index in [0.717, 1.165) is 75.6 Å². The third kappa shape index (κ3) is 7.07. The van der Waals surface area contributed by atoms with Gasteiger partial charge < -0.3 is 24.8 Å². The van der Waals surface area contributed by atoms with Crippen LogP contribution >= 0.6 is 0 Å². The van der Waals surface area contributed by atoms with Crippen LogP contribution in [0.15, 0.2) is 23.0 Å². The van der Waals surface area contributed by atoms with Crippen molar-refractivity contribution in [2.45, 2.75) is 78.6 Å². The van der Waals surface area contributed by atoms with Crippen LogP contribution in [0.25, 0.3) is 11.2 Å². The summed E-state index contributed by atoms with van der Waals surface area (Å²) >= 11 is 0. The summed E-state index contributed by atoms with van der Waals surface area (Å²) in [5, 5.41) is 9.02. The molecule has 3 N–H and O–H groups in total. The van der Waals surface area contributed by atoms with Crippen molar-refractivity contribution in [1.82, 2.24) is 44.1 Å². The van der Waals surface area contributed by atoms with Crippen LogP contribution in [0.4, 0.5) is 5.82 Å². The first-order valence-electron chi connectivity index (χ1n) is 16.3. The van der Waals surface area contributed by atoms with Gasteiger partial charge in [0.25, 0.3) is 0 Å². The molecule has 0 spiro atoms. The zero-order valence-corrected chi connectivity index (χ0v) is 27.6. The number of ether oxygens (including phenoxy) is 2. The van der Waals surface area contributed by atoms with E-state index in [1.54, 1.807) is 0 Å². The van der Waals surface area contributed by atoms with Crippen LogP contribution in [0.1, 0.15) is 85.5 Å². The summed E-state index contributed by atoms with van der Waals surface area (Å²) in [5.41, 5.74) is 8.39. The van der Waals surface area contributed by atoms with Gasteiger partial charge in [-0.15, -0.1) is 10.2 Å². The third-order valence-electron chi connectivity index (χ3n) is 8.60. The molecule has 1 saturated heterocycles. The fourth-order valence-corrected chi connectivity index (χ4v) is 6.09. The Morgan fingerprint density at radius 2 is 1.87 bits per heavy atom. The monoisotopic (exact) mass is 634 g/mol. The van der Waals surface area contributed by atoms with Gasteiger partial charge >= 0.3 is 17.7 Å². The molecule has 5 heterocycles. The smallest absolute Gasteiger partial charge is 0.338 e. The Labute approximate surface area is 268 Å². The number of unbranched alkanes of at least 4 members (excludes halogenated alkanes) is 1. The number of rotatable bonds is 10. The standard InChI is InChI=1S/C30H40N10O4.C2H6/c1-4-5-14-44-29-33-25(31)24-27(34-29)40(30(42)32-24)17-21-7-6-19(15-22(21)28(41)43-3)16-38-10-8-20(9-11-38)26-36-35-23-18-37(2)12-13-39(23)26;1-2/h6-7,15,20H,4-5,8-14,16-18H2,1-3H3,(H,32,42)(H2,31,33,34);1-2H3. The molecule has 14 heteroatoms. The van der Waals surface area contributed by atoms with Crippen LogP contribution in [-0.2, 0) is 30.9 Å². The number of nitrogens with two attached hydrogens (primary N) is 1. The van der Waals surface area contributed by atoms with Crippen molar-refractivity contribution in [3.8, 4) is 6.01 Å². The number of likely N-dealkylation sites (N-methyl/N-ethyl adjacent to an activating group) is 1. The Balaban J connectivity index is 0.00000204. The second-order valence-corrected chi connectivity index (χ2v) is 11.7. The molecular weight excluding hydrogens is 588 g/mol. The molecule has 2 aliphatic rings. The molecule has 46 heavy (non-hydrogen) atoms. The molecule has 2 aliphatic heterocycles. The topological polar surface area (TPSA) is 162 Å². The Kier molecular flexibility index (Phi) is 10.7. The normalized spacial score (nSPS) is 15.8. The number of methoxy groups -OCH3 is 1. The van der Waals surface area contributed by atoms with E-state index in [9.17, 15) is 9.59 Å². The number of nitrogens with one attached hydrogen (secondary N) is 1. The molecule has 6 rings (SSSR count). The number of aromatic amines is 1. The maximum absolute atomic E-state index is 13.0. The van der Waals surface area contributed by atoms with Gasteiger partial charge in [-0.2, -0.15) is 9.97 Å². The van der Waals surface area contributed by atoms with Gasteiger partial charge in [-0.25, -0.2) is 9.59 Å². The number of carbonyl (C=O) groups is 1. The number of esters is 1. The van der Waals surface area contributed by atoms with Gasteiger partial charge in [0.1, 0.15) is 17.2 Å². The fourth-order valence-electron chi connectivity index (χ4n) is 6.09. The van der Waals surface area contributed by atoms with E-state index in [-0.39, 0.29) is 18.4 Å². The molecule has 3 aromatic heterocycles. The number of benzene rings is 1. The zero-order chi connectivity index (χ0) is 32.8. The van der Waals surface area contributed by atoms with Crippen molar-refractivity contribution in [3.05, 3.63) is 57.0 Å². The number of nitrogen functional groups attached to an aromatic ring is 1. The lowest BCUT2D eigenvalue weighted by Crippen LogP contribution is -2.35. The second-order valence-electron chi connectivity index (χ2n) is 11.7. The predicted octanol–water partition coefficient (Wildman–Crippen LogP) is 3.16. The average Bonchev–Trinajstić information content (AvgIpc) is 3.63. The maximum atomic E-state index is 13.0. The van der Waals surface area contributed by atoms with Crippen LogP contribution < -0.4 is 16.2 Å². The van der Waals surface area contributed by atoms with Gasteiger partial charge in [-0.3, -0.25) is 14.4 Å². The molecule has 0 unspecified atom stereocenters. The molecule has 14 nitrogen and oxygen atoms in total. The van der Waals surface area contributed by atoms with Crippen molar-refractivity contribution in [1.29, 1.82) is 0 Å². The molecule has 1 aromatic carbocycles. The lowest BCUT2D eigenvalue weighted by atomic mass is 9.95. The number of aromatic nitrogens is 7. The Morgan fingerprint density at radius 3 is 2.61 bits per heavy atom. The molecule has 0 radical (unpaired) electrons. The highest BCUT2D eigenvalue weighted by molar-refractivity contribution is 5.91. The molecule has 4 aromatic rings. The lowest BCUT2D eigenvalue weighted by molar-refractivity contribution is 0.0599. The molecular formula is C32H46N10O4. The quantitative estimate of drug-likeness (QED) is 0.195. The summed E-state index contributed by atoms with van der Waals surface area (Å²) < 4.78 is 14.5. The van der Waals surface area contributed by atoms with E-state index in [0.29, 0.717) is 41.4 Å². The van der Waals surface area contributed by atoms with Crippen LogP contribution in [0, 0.1) is 0 Å². The van der Waals surface area contributed by atoms with Crippen LogP contribution in [-0.4, -0.2) is 90.5 Å². The maximum Gasteiger partial charge on any atom is 0.338 e. The van der Waals surface area contributed by atoms with Gasteiger partial charge in [-0.05, 0) is 56.6 Å². The number of carbonyl (C=O) groups excluding carboxylic acids is 1. The van der Waals surface area contributed by atoms with Crippen LogP contribution in [0.3, 0.4) is 0 Å². The highest BCUT2D eigenvalue weighted by Gasteiger charge is 2.28. The van der Waals surface area contributed by atoms with Crippen molar-refractivity contribution in [2.75, 3.05) is 46.1 Å². The molecule has 0 amide bonds. The van der Waals surface area contributed by atoms with E-state index in [2.05, 4.69) is 53.5 Å². The molecule has 0 bridgehead atoms. The Hall–Kier alpha value is -4.30. The summed E-state index contributed by atoms with van der Waals surface area (Å²) in [6.45, 7) is 12.0. The number of imidazole rings is 1. The number of H-pyrrole nitrogens is 1.